The van der Waals surface area contributed by atoms with Gasteiger partial charge in [-0.05, 0) is 35.9 Å². The van der Waals surface area contributed by atoms with Gasteiger partial charge in [-0.15, -0.1) is 0 Å². The van der Waals surface area contributed by atoms with Gasteiger partial charge in [0.1, 0.15) is 0 Å². The molecule has 3 heteroatoms. The second-order valence-electron chi connectivity index (χ2n) is 3.99. The average Bonchev–Trinajstić information content (AvgIpc) is 2.70. The summed E-state index contributed by atoms with van der Waals surface area (Å²) >= 11 is 4.94. The van der Waals surface area contributed by atoms with Gasteiger partial charge in [-0.1, -0.05) is 52.0 Å². The highest BCUT2D eigenvalue weighted by molar-refractivity contribution is 9.10. The van der Waals surface area contributed by atoms with Gasteiger partial charge in [0.05, 0.1) is 4.91 Å². The number of rotatable bonds is 1. The van der Waals surface area contributed by atoms with Gasteiger partial charge in [-0.2, -0.15) is 0 Å². The van der Waals surface area contributed by atoms with Gasteiger partial charge in [-0.3, -0.25) is 4.79 Å². The molecule has 2 aromatic carbocycles. The molecule has 1 heterocycles. The van der Waals surface area contributed by atoms with E-state index < -0.39 is 0 Å². The number of benzene rings is 2. The van der Waals surface area contributed by atoms with Crippen molar-refractivity contribution in [2.45, 2.75) is 4.90 Å². The molecule has 0 fully saturated rings. The molecule has 1 nitrogen and oxygen atoms in total. The Morgan fingerprint density at radius 1 is 1.00 bits per heavy atom. The van der Waals surface area contributed by atoms with Crippen LogP contribution in [0.3, 0.4) is 0 Å². The zero-order valence-corrected chi connectivity index (χ0v) is 11.8. The van der Waals surface area contributed by atoms with Crippen molar-refractivity contribution in [3.63, 3.8) is 0 Å². The predicted octanol–water partition coefficient (Wildman–Crippen LogP) is 4.78. The lowest BCUT2D eigenvalue weighted by Crippen LogP contribution is -1.93. The van der Waals surface area contributed by atoms with E-state index in [1.165, 1.54) is 0 Å². The van der Waals surface area contributed by atoms with Crippen molar-refractivity contribution in [1.82, 2.24) is 0 Å². The number of hydrogen-bond acceptors (Lipinski definition) is 2. The van der Waals surface area contributed by atoms with E-state index in [0.717, 1.165) is 25.4 Å². The molecule has 3 rings (SSSR count). The van der Waals surface area contributed by atoms with Crippen LogP contribution in [-0.2, 0) is 0 Å². The third kappa shape index (κ3) is 2.16. The second kappa shape index (κ2) is 4.75. The minimum absolute atomic E-state index is 0.124. The Morgan fingerprint density at radius 2 is 1.72 bits per heavy atom. The minimum atomic E-state index is 0.124. The highest BCUT2D eigenvalue weighted by Gasteiger charge is 2.24. The molecule has 0 aliphatic carbocycles. The molecule has 18 heavy (non-hydrogen) atoms. The largest absolute Gasteiger partial charge is 0.288 e. The zero-order valence-electron chi connectivity index (χ0n) is 9.39. The molecule has 1 aliphatic rings. The Bertz CT molecular complexity index is 644. The van der Waals surface area contributed by atoms with E-state index in [1.807, 2.05) is 54.6 Å². The van der Waals surface area contributed by atoms with E-state index in [0.29, 0.717) is 0 Å². The molecule has 0 N–H and O–H groups in total. The first-order valence-corrected chi connectivity index (χ1v) is 7.14. The average molecular weight is 317 g/mol. The quantitative estimate of drug-likeness (QED) is 0.704. The summed E-state index contributed by atoms with van der Waals surface area (Å²) in [5.74, 6) is 0.124. The maximum absolute atomic E-state index is 12.2. The van der Waals surface area contributed by atoms with Crippen LogP contribution in [0.25, 0.3) is 6.08 Å². The molecule has 0 saturated carbocycles. The number of Topliss-reactive ketones (excluding diaryl/α,β-unsaturated/α-hetero) is 1. The fraction of sp³-hybridized carbons (Fsp3) is 0. The smallest absolute Gasteiger partial charge is 0.200 e. The molecule has 0 unspecified atom stereocenters. The summed E-state index contributed by atoms with van der Waals surface area (Å²) in [6.07, 6.45) is 1.94. The van der Waals surface area contributed by atoms with Crippen LogP contribution in [0, 0.1) is 0 Å². The van der Waals surface area contributed by atoms with Gasteiger partial charge in [0.2, 0.25) is 5.78 Å². The normalized spacial score (nSPS) is 16.1. The van der Waals surface area contributed by atoms with Gasteiger partial charge in [0.25, 0.3) is 0 Å². The summed E-state index contributed by atoms with van der Waals surface area (Å²) in [6.45, 7) is 0. The minimum Gasteiger partial charge on any atom is -0.288 e. The summed E-state index contributed by atoms with van der Waals surface area (Å²) in [7, 11) is 0. The first-order chi connectivity index (χ1) is 8.74. The number of thioether (sulfide) groups is 1. The number of allylic oxidation sites excluding steroid dienone is 1. The van der Waals surface area contributed by atoms with Crippen LogP contribution < -0.4 is 0 Å². The number of hydrogen-bond donors (Lipinski definition) is 0. The maximum Gasteiger partial charge on any atom is 0.200 e. The first kappa shape index (κ1) is 11.8. The van der Waals surface area contributed by atoms with Crippen molar-refractivity contribution in [2.75, 3.05) is 0 Å². The Balaban J connectivity index is 1.97. The fourth-order valence-corrected chi connectivity index (χ4v) is 3.16. The van der Waals surface area contributed by atoms with E-state index in [1.54, 1.807) is 11.8 Å². The van der Waals surface area contributed by atoms with Crippen molar-refractivity contribution in [3.05, 3.63) is 69.0 Å². The van der Waals surface area contributed by atoms with E-state index in [9.17, 15) is 4.79 Å². The van der Waals surface area contributed by atoms with Crippen molar-refractivity contribution in [2.24, 2.45) is 0 Å². The van der Waals surface area contributed by atoms with Crippen LogP contribution in [0.15, 0.2) is 62.8 Å². The topological polar surface area (TPSA) is 17.1 Å². The standard InChI is InChI=1S/C15H9BrOS/c16-11-7-5-10(6-8-11)9-14-15(17)12-3-1-2-4-13(12)18-14/h1-9H/b14-9-. The van der Waals surface area contributed by atoms with Crippen molar-refractivity contribution in [3.8, 4) is 0 Å². The molecule has 88 valence electrons. The Kier molecular flexibility index (Phi) is 3.10. The summed E-state index contributed by atoms with van der Waals surface area (Å²) in [5, 5.41) is 0. The highest BCUT2D eigenvalue weighted by Crippen LogP contribution is 2.40. The lowest BCUT2D eigenvalue weighted by atomic mass is 10.1. The van der Waals surface area contributed by atoms with E-state index in [2.05, 4.69) is 15.9 Å². The number of fused-ring (bicyclic) bond motifs is 1. The van der Waals surface area contributed by atoms with Crippen LogP contribution in [0.2, 0.25) is 0 Å². The third-order valence-corrected chi connectivity index (χ3v) is 4.37. The summed E-state index contributed by atoms with van der Waals surface area (Å²) in [5.41, 5.74) is 1.85. The number of ketones is 1. The van der Waals surface area contributed by atoms with Gasteiger partial charge in [0, 0.05) is 14.9 Å². The lowest BCUT2D eigenvalue weighted by molar-refractivity contribution is 0.104. The van der Waals surface area contributed by atoms with Crippen LogP contribution in [-0.4, -0.2) is 5.78 Å². The van der Waals surface area contributed by atoms with Crippen molar-refractivity contribution >= 4 is 39.6 Å². The van der Waals surface area contributed by atoms with E-state index in [-0.39, 0.29) is 5.78 Å². The molecule has 0 atom stereocenters. The Labute approximate surface area is 118 Å². The summed E-state index contributed by atoms with van der Waals surface area (Å²) in [6, 6.07) is 15.7. The number of halogens is 1. The molecular weight excluding hydrogens is 308 g/mol. The number of carbonyl (C=O) groups excluding carboxylic acids is 1. The van der Waals surface area contributed by atoms with Gasteiger partial charge >= 0.3 is 0 Å². The lowest BCUT2D eigenvalue weighted by Gasteiger charge is -1.96. The molecular formula is C15H9BrOS. The fourth-order valence-electron chi connectivity index (χ4n) is 1.85. The molecule has 2 aromatic rings. The molecule has 0 aromatic heterocycles. The molecule has 0 spiro atoms. The zero-order chi connectivity index (χ0) is 12.5. The van der Waals surface area contributed by atoms with Crippen molar-refractivity contribution in [1.29, 1.82) is 0 Å². The molecule has 0 bridgehead atoms. The molecule has 0 radical (unpaired) electrons. The summed E-state index contributed by atoms with van der Waals surface area (Å²) in [4.78, 5) is 14.0. The molecule has 0 amide bonds. The van der Waals surface area contributed by atoms with Crippen LogP contribution in [0.4, 0.5) is 0 Å². The van der Waals surface area contributed by atoms with E-state index >= 15 is 0 Å². The van der Waals surface area contributed by atoms with Gasteiger partial charge < -0.3 is 0 Å². The Morgan fingerprint density at radius 3 is 2.44 bits per heavy atom. The molecule has 0 saturated heterocycles. The monoisotopic (exact) mass is 316 g/mol. The molecule has 1 aliphatic heterocycles. The predicted molar refractivity (Wildman–Crippen MR) is 78.7 cm³/mol. The Hall–Kier alpha value is -1.32. The van der Waals surface area contributed by atoms with Crippen LogP contribution >= 0.6 is 27.7 Å². The van der Waals surface area contributed by atoms with Crippen molar-refractivity contribution < 1.29 is 4.79 Å². The first-order valence-electron chi connectivity index (χ1n) is 5.53. The maximum atomic E-state index is 12.2. The van der Waals surface area contributed by atoms with E-state index in [4.69, 9.17) is 0 Å². The van der Waals surface area contributed by atoms with Gasteiger partial charge in [0.15, 0.2) is 0 Å². The second-order valence-corrected chi connectivity index (χ2v) is 5.99. The van der Waals surface area contributed by atoms with Gasteiger partial charge in [-0.25, -0.2) is 0 Å². The van der Waals surface area contributed by atoms with Crippen LogP contribution in [0.1, 0.15) is 15.9 Å². The SMILES string of the molecule is O=C1/C(=C/c2ccc(Br)cc2)Sc2ccccc21. The third-order valence-electron chi connectivity index (χ3n) is 2.74. The highest BCUT2D eigenvalue weighted by atomic mass is 79.9. The summed E-state index contributed by atoms with van der Waals surface area (Å²) < 4.78 is 1.04. The number of carbonyl (C=O) groups is 1. The van der Waals surface area contributed by atoms with Crippen LogP contribution in [0.5, 0.6) is 0 Å².